The van der Waals surface area contributed by atoms with Crippen LogP contribution < -0.4 is 14.8 Å². The zero-order valence-electron chi connectivity index (χ0n) is 11.4. The van der Waals surface area contributed by atoms with E-state index in [1.807, 2.05) is 24.4 Å². The number of benzene rings is 1. The monoisotopic (exact) mass is 261 g/mol. The molecule has 0 fully saturated rings. The highest BCUT2D eigenvalue weighted by molar-refractivity contribution is 5.49. The van der Waals surface area contributed by atoms with Crippen molar-refractivity contribution in [2.24, 2.45) is 0 Å². The number of nitrogens with zero attached hydrogens (tertiary/aromatic N) is 1. The molecule has 1 aromatic heterocycles. The molecule has 0 spiro atoms. The Bertz CT molecular complexity index is 489. The predicted molar refractivity (Wildman–Crippen MR) is 73.7 cm³/mol. The molecule has 0 aliphatic heterocycles. The minimum Gasteiger partial charge on any atom is -0.496 e. The quantitative estimate of drug-likeness (QED) is 0.836. The number of imidazole rings is 1. The molecule has 0 radical (unpaired) electrons. The van der Waals surface area contributed by atoms with E-state index in [0.29, 0.717) is 0 Å². The largest absolute Gasteiger partial charge is 0.496 e. The van der Waals surface area contributed by atoms with E-state index in [1.165, 1.54) is 0 Å². The molecule has 0 saturated heterocycles. The molecule has 19 heavy (non-hydrogen) atoms. The molecular formula is C14H19N3O2. The minimum atomic E-state index is -0.0916. The second-order valence-corrected chi connectivity index (χ2v) is 4.04. The lowest BCUT2D eigenvalue weighted by molar-refractivity contribution is 0.376. The molecule has 1 aromatic carbocycles. The van der Waals surface area contributed by atoms with Gasteiger partial charge in [0.2, 0.25) is 0 Å². The summed E-state index contributed by atoms with van der Waals surface area (Å²) >= 11 is 0. The van der Waals surface area contributed by atoms with Crippen molar-refractivity contribution in [3.63, 3.8) is 0 Å². The summed E-state index contributed by atoms with van der Waals surface area (Å²) in [7, 11) is 3.31. The fraction of sp³-hybridized carbons (Fsp3) is 0.357. The van der Waals surface area contributed by atoms with Crippen molar-refractivity contribution in [2.45, 2.75) is 13.0 Å². The Balaban J connectivity index is 2.52. The SMILES string of the molecule is CCNC(c1ncc[nH]1)c1c(OC)cccc1OC. The summed E-state index contributed by atoms with van der Waals surface area (Å²) in [5.74, 6) is 2.40. The lowest BCUT2D eigenvalue weighted by atomic mass is 10.0. The van der Waals surface area contributed by atoms with Gasteiger partial charge in [-0.3, -0.25) is 0 Å². The van der Waals surface area contributed by atoms with Crippen molar-refractivity contribution in [3.8, 4) is 11.5 Å². The molecule has 0 amide bonds. The van der Waals surface area contributed by atoms with Gasteiger partial charge in [0.15, 0.2) is 0 Å². The molecule has 2 N–H and O–H groups in total. The molecule has 5 heteroatoms. The van der Waals surface area contributed by atoms with Crippen molar-refractivity contribution in [3.05, 3.63) is 42.0 Å². The minimum absolute atomic E-state index is 0.0916. The average Bonchev–Trinajstić information content (AvgIpc) is 2.98. The van der Waals surface area contributed by atoms with Gasteiger partial charge in [0, 0.05) is 12.4 Å². The third-order valence-corrected chi connectivity index (χ3v) is 2.96. The Hall–Kier alpha value is -2.01. The summed E-state index contributed by atoms with van der Waals surface area (Å²) in [6.45, 7) is 2.87. The molecule has 102 valence electrons. The maximum Gasteiger partial charge on any atom is 0.128 e. The van der Waals surface area contributed by atoms with E-state index in [9.17, 15) is 0 Å². The van der Waals surface area contributed by atoms with Crippen LogP contribution in [0.25, 0.3) is 0 Å². The van der Waals surface area contributed by atoms with E-state index in [4.69, 9.17) is 9.47 Å². The van der Waals surface area contributed by atoms with Gasteiger partial charge in [0.05, 0.1) is 25.8 Å². The normalized spacial score (nSPS) is 12.2. The summed E-state index contributed by atoms with van der Waals surface area (Å²) in [4.78, 5) is 7.47. The van der Waals surface area contributed by atoms with Gasteiger partial charge in [-0.15, -0.1) is 0 Å². The number of aromatic nitrogens is 2. The summed E-state index contributed by atoms with van der Waals surface area (Å²) in [6.07, 6.45) is 3.54. The van der Waals surface area contributed by atoms with Crippen molar-refractivity contribution in [1.29, 1.82) is 0 Å². The number of nitrogens with one attached hydrogen (secondary N) is 2. The Labute approximate surface area is 113 Å². The number of methoxy groups -OCH3 is 2. The maximum atomic E-state index is 5.45. The van der Waals surface area contributed by atoms with Gasteiger partial charge < -0.3 is 19.8 Å². The zero-order valence-corrected chi connectivity index (χ0v) is 11.4. The van der Waals surface area contributed by atoms with Crippen LogP contribution in [0.4, 0.5) is 0 Å². The van der Waals surface area contributed by atoms with Crippen LogP contribution in [0, 0.1) is 0 Å². The third kappa shape index (κ3) is 2.71. The fourth-order valence-electron chi connectivity index (χ4n) is 2.14. The topological polar surface area (TPSA) is 59.2 Å². The molecule has 0 bridgehead atoms. The first-order valence-corrected chi connectivity index (χ1v) is 6.25. The number of ether oxygens (including phenoxy) is 2. The molecule has 0 aliphatic carbocycles. The molecule has 0 aliphatic rings. The first-order chi connectivity index (χ1) is 9.31. The first-order valence-electron chi connectivity index (χ1n) is 6.25. The van der Waals surface area contributed by atoms with Crippen LogP contribution in [0.3, 0.4) is 0 Å². The number of rotatable bonds is 6. The van der Waals surface area contributed by atoms with Gasteiger partial charge in [-0.25, -0.2) is 4.98 Å². The molecule has 0 saturated carbocycles. The Morgan fingerprint density at radius 3 is 2.42 bits per heavy atom. The predicted octanol–water partition coefficient (Wildman–Crippen LogP) is 2.13. The van der Waals surface area contributed by atoms with Gasteiger partial charge >= 0.3 is 0 Å². The molecule has 1 atom stereocenters. The van der Waals surface area contributed by atoms with Crippen LogP contribution >= 0.6 is 0 Å². The highest BCUT2D eigenvalue weighted by Crippen LogP contribution is 2.36. The first kappa shape index (κ1) is 13.4. The molecule has 2 rings (SSSR count). The number of hydrogen-bond acceptors (Lipinski definition) is 4. The van der Waals surface area contributed by atoms with Gasteiger partial charge in [-0.1, -0.05) is 13.0 Å². The van der Waals surface area contributed by atoms with E-state index in [2.05, 4.69) is 22.2 Å². The third-order valence-electron chi connectivity index (χ3n) is 2.96. The van der Waals surface area contributed by atoms with E-state index < -0.39 is 0 Å². The maximum absolute atomic E-state index is 5.45. The van der Waals surface area contributed by atoms with Crippen LogP contribution in [0.2, 0.25) is 0 Å². The van der Waals surface area contributed by atoms with Gasteiger partial charge in [-0.2, -0.15) is 0 Å². The Morgan fingerprint density at radius 1 is 1.26 bits per heavy atom. The van der Waals surface area contributed by atoms with E-state index in [-0.39, 0.29) is 6.04 Å². The van der Waals surface area contributed by atoms with Crippen LogP contribution in [-0.2, 0) is 0 Å². The van der Waals surface area contributed by atoms with Gasteiger partial charge in [0.1, 0.15) is 17.3 Å². The van der Waals surface area contributed by atoms with Gasteiger partial charge in [-0.05, 0) is 18.7 Å². The fourth-order valence-corrected chi connectivity index (χ4v) is 2.14. The smallest absolute Gasteiger partial charge is 0.128 e. The molecule has 1 unspecified atom stereocenters. The molecule has 2 aromatic rings. The van der Waals surface area contributed by atoms with E-state index in [1.54, 1.807) is 20.4 Å². The Kier molecular flexibility index (Phi) is 4.41. The molecular weight excluding hydrogens is 242 g/mol. The Morgan fingerprint density at radius 2 is 1.95 bits per heavy atom. The summed E-state index contributed by atoms with van der Waals surface area (Å²) in [5.41, 5.74) is 0.948. The summed E-state index contributed by atoms with van der Waals surface area (Å²) < 4.78 is 10.9. The molecule has 1 heterocycles. The number of hydrogen-bond donors (Lipinski definition) is 2. The van der Waals surface area contributed by atoms with Crippen molar-refractivity contribution in [1.82, 2.24) is 15.3 Å². The highest BCUT2D eigenvalue weighted by atomic mass is 16.5. The summed E-state index contributed by atoms with van der Waals surface area (Å²) in [6, 6.07) is 5.66. The second kappa shape index (κ2) is 6.24. The van der Waals surface area contributed by atoms with E-state index in [0.717, 1.165) is 29.4 Å². The average molecular weight is 261 g/mol. The van der Waals surface area contributed by atoms with E-state index >= 15 is 0 Å². The highest BCUT2D eigenvalue weighted by Gasteiger charge is 2.23. The van der Waals surface area contributed by atoms with Crippen molar-refractivity contribution in [2.75, 3.05) is 20.8 Å². The lowest BCUT2D eigenvalue weighted by Crippen LogP contribution is -2.24. The zero-order chi connectivity index (χ0) is 13.7. The lowest BCUT2D eigenvalue weighted by Gasteiger charge is -2.21. The second-order valence-electron chi connectivity index (χ2n) is 4.04. The van der Waals surface area contributed by atoms with Crippen molar-refractivity contribution < 1.29 is 9.47 Å². The van der Waals surface area contributed by atoms with Crippen LogP contribution in [0.5, 0.6) is 11.5 Å². The number of aromatic amines is 1. The summed E-state index contributed by atoms with van der Waals surface area (Å²) in [5, 5.41) is 3.40. The van der Waals surface area contributed by atoms with Crippen LogP contribution in [0.1, 0.15) is 24.4 Å². The van der Waals surface area contributed by atoms with Crippen LogP contribution in [-0.4, -0.2) is 30.7 Å². The van der Waals surface area contributed by atoms with Crippen molar-refractivity contribution >= 4 is 0 Å². The van der Waals surface area contributed by atoms with Gasteiger partial charge in [0.25, 0.3) is 0 Å². The molecule has 5 nitrogen and oxygen atoms in total. The standard InChI is InChI=1S/C14H19N3O2/c1-4-15-13(14-16-8-9-17-14)12-10(18-2)6-5-7-11(12)19-3/h5-9,13,15H,4H2,1-3H3,(H,16,17). The number of H-pyrrole nitrogens is 1. The van der Waals surface area contributed by atoms with Crippen LogP contribution in [0.15, 0.2) is 30.6 Å².